The number of rotatable bonds is 7. The van der Waals surface area contributed by atoms with Crippen molar-refractivity contribution >= 4 is 0 Å². The SMILES string of the molecule is C=C(O)C[C@@H](C)NC(=C)OCc1ccccc1. The normalized spacial score (nSPS) is 11.6. The van der Waals surface area contributed by atoms with E-state index in [1.165, 1.54) is 0 Å². The first kappa shape index (κ1) is 13.2. The number of ether oxygens (including phenoxy) is 1. The number of aliphatic hydroxyl groups is 1. The Morgan fingerprint density at radius 3 is 2.59 bits per heavy atom. The van der Waals surface area contributed by atoms with Gasteiger partial charge in [-0.15, -0.1) is 0 Å². The molecule has 1 aromatic carbocycles. The van der Waals surface area contributed by atoms with Crippen molar-refractivity contribution in [2.24, 2.45) is 0 Å². The quantitative estimate of drug-likeness (QED) is 0.711. The van der Waals surface area contributed by atoms with Crippen molar-refractivity contribution in [3.63, 3.8) is 0 Å². The average molecular weight is 233 g/mol. The molecule has 1 atom stereocenters. The number of nitrogens with one attached hydrogen (secondary N) is 1. The molecule has 0 radical (unpaired) electrons. The van der Waals surface area contributed by atoms with Crippen LogP contribution in [0.15, 0.2) is 55.1 Å². The molecule has 0 unspecified atom stereocenters. The highest BCUT2D eigenvalue weighted by Crippen LogP contribution is 2.05. The molecule has 0 aromatic heterocycles. The van der Waals surface area contributed by atoms with E-state index in [-0.39, 0.29) is 11.8 Å². The predicted octanol–water partition coefficient (Wildman–Crippen LogP) is 3.11. The Bertz CT molecular complexity index is 373. The molecule has 0 saturated carbocycles. The van der Waals surface area contributed by atoms with Crippen molar-refractivity contribution in [2.45, 2.75) is 26.0 Å². The average Bonchev–Trinajstić information content (AvgIpc) is 2.26. The highest BCUT2D eigenvalue weighted by Gasteiger charge is 2.04. The van der Waals surface area contributed by atoms with Crippen LogP contribution in [0, 0.1) is 0 Å². The van der Waals surface area contributed by atoms with E-state index in [4.69, 9.17) is 9.84 Å². The summed E-state index contributed by atoms with van der Waals surface area (Å²) in [7, 11) is 0. The Labute approximate surface area is 102 Å². The van der Waals surface area contributed by atoms with E-state index in [1.54, 1.807) is 0 Å². The predicted molar refractivity (Wildman–Crippen MR) is 69.4 cm³/mol. The molecule has 1 rings (SSSR count). The molecular formula is C14H19NO2. The first-order valence-corrected chi connectivity index (χ1v) is 5.57. The van der Waals surface area contributed by atoms with Crippen molar-refractivity contribution in [3.8, 4) is 0 Å². The first-order valence-electron chi connectivity index (χ1n) is 5.57. The van der Waals surface area contributed by atoms with Gasteiger partial charge in [-0.05, 0) is 19.1 Å². The number of benzene rings is 1. The fraction of sp³-hybridized carbons (Fsp3) is 0.286. The summed E-state index contributed by atoms with van der Waals surface area (Å²) in [6, 6.07) is 9.93. The van der Waals surface area contributed by atoms with Gasteiger partial charge >= 0.3 is 0 Å². The molecule has 3 nitrogen and oxygen atoms in total. The van der Waals surface area contributed by atoms with Gasteiger partial charge in [0.2, 0.25) is 0 Å². The summed E-state index contributed by atoms with van der Waals surface area (Å²) in [6.07, 6.45) is 0.480. The number of hydrogen-bond donors (Lipinski definition) is 2. The van der Waals surface area contributed by atoms with Crippen molar-refractivity contribution in [3.05, 3.63) is 60.7 Å². The van der Waals surface area contributed by atoms with Crippen LogP contribution in [0.25, 0.3) is 0 Å². The van der Waals surface area contributed by atoms with Crippen LogP contribution in [0.5, 0.6) is 0 Å². The van der Waals surface area contributed by atoms with Gasteiger partial charge in [-0.2, -0.15) is 0 Å². The van der Waals surface area contributed by atoms with Crippen LogP contribution in [0.1, 0.15) is 18.9 Å². The summed E-state index contributed by atoms with van der Waals surface area (Å²) < 4.78 is 5.46. The molecule has 2 N–H and O–H groups in total. The number of hydrogen-bond acceptors (Lipinski definition) is 3. The van der Waals surface area contributed by atoms with Crippen LogP contribution < -0.4 is 5.32 Å². The molecule has 0 aliphatic carbocycles. The maximum atomic E-state index is 9.04. The maximum absolute atomic E-state index is 9.04. The van der Waals surface area contributed by atoms with Gasteiger partial charge in [-0.1, -0.05) is 36.9 Å². The topological polar surface area (TPSA) is 41.5 Å². The Hall–Kier alpha value is -1.90. The minimum absolute atomic E-state index is 0.0516. The van der Waals surface area contributed by atoms with Gasteiger partial charge in [-0.25, -0.2) is 0 Å². The Morgan fingerprint density at radius 1 is 1.35 bits per heavy atom. The van der Waals surface area contributed by atoms with Crippen molar-refractivity contribution in [1.29, 1.82) is 0 Å². The fourth-order valence-electron chi connectivity index (χ4n) is 1.47. The Morgan fingerprint density at radius 2 is 2.00 bits per heavy atom. The second-order valence-electron chi connectivity index (χ2n) is 4.01. The van der Waals surface area contributed by atoms with Crippen molar-refractivity contribution < 1.29 is 9.84 Å². The zero-order chi connectivity index (χ0) is 12.7. The monoisotopic (exact) mass is 233 g/mol. The molecule has 17 heavy (non-hydrogen) atoms. The summed E-state index contributed by atoms with van der Waals surface area (Å²) in [5, 5.41) is 12.1. The van der Waals surface area contributed by atoms with Gasteiger partial charge in [0.15, 0.2) is 5.88 Å². The smallest absolute Gasteiger partial charge is 0.179 e. The van der Waals surface area contributed by atoms with E-state index in [0.29, 0.717) is 18.9 Å². The third kappa shape index (κ3) is 5.66. The van der Waals surface area contributed by atoms with Crippen molar-refractivity contribution in [2.75, 3.05) is 0 Å². The van der Waals surface area contributed by atoms with Gasteiger partial charge in [0.1, 0.15) is 6.61 Å². The molecule has 0 amide bonds. The lowest BCUT2D eigenvalue weighted by Gasteiger charge is -2.17. The van der Waals surface area contributed by atoms with Gasteiger partial charge in [0, 0.05) is 12.5 Å². The molecule has 0 saturated heterocycles. The van der Waals surface area contributed by atoms with Gasteiger partial charge < -0.3 is 15.2 Å². The molecule has 0 spiro atoms. The summed E-state index contributed by atoms with van der Waals surface area (Å²) in [4.78, 5) is 0. The molecule has 0 aliphatic rings. The largest absolute Gasteiger partial charge is 0.513 e. The standard InChI is InChI=1S/C14H19NO2/c1-11(9-12(2)16)15-13(3)17-10-14-7-5-4-6-8-14/h4-8,11,15-16H,2-3,9-10H2,1H3/t11-/m1/s1. The van der Waals surface area contributed by atoms with E-state index < -0.39 is 0 Å². The lowest BCUT2D eigenvalue weighted by molar-refractivity contribution is 0.171. The van der Waals surface area contributed by atoms with Crippen LogP contribution in [0.4, 0.5) is 0 Å². The highest BCUT2D eigenvalue weighted by molar-refractivity contribution is 5.13. The van der Waals surface area contributed by atoms with Gasteiger partial charge in [0.05, 0.1) is 5.76 Å². The summed E-state index contributed by atoms with van der Waals surface area (Å²) >= 11 is 0. The minimum atomic E-state index is 0.0516. The number of aliphatic hydroxyl groups excluding tert-OH is 1. The molecule has 0 heterocycles. The van der Waals surface area contributed by atoms with Crippen LogP contribution in [0.2, 0.25) is 0 Å². The van der Waals surface area contributed by atoms with E-state index >= 15 is 0 Å². The Kier molecular flexibility index (Phi) is 5.14. The second kappa shape index (κ2) is 6.63. The zero-order valence-corrected chi connectivity index (χ0v) is 10.1. The molecule has 3 heteroatoms. The van der Waals surface area contributed by atoms with Crippen LogP contribution in [0.3, 0.4) is 0 Å². The second-order valence-corrected chi connectivity index (χ2v) is 4.01. The maximum Gasteiger partial charge on any atom is 0.179 e. The van der Waals surface area contributed by atoms with E-state index in [2.05, 4.69) is 18.5 Å². The van der Waals surface area contributed by atoms with Crippen LogP contribution in [-0.2, 0) is 11.3 Å². The first-order chi connectivity index (χ1) is 8.08. The third-order valence-corrected chi connectivity index (χ3v) is 2.21. The van der Waals surface area contributed by atoms with E-state index in [1.807, 2.05) is 37.3 Å². The van der Waals surface area contributed by atoms with Gasteiger partial charge in [-0.3, -0.25) is 0 Å². The van der Waals surface area contributed by atoms with E-state index in [9.17, 15) is 0 Å². The van der Waals surface area contributed by atoms with Crippen LogP contribution in [-0.4, -0.2) is 11.1 Å². The fourth-order valence-corrected chi connectivity index (χ4v) is 1.47. The molecule has 0 fully saturated rings. The third-order valence-electron chi connectivity index (χ3n) is 2.21. The lowest BCUT2D eigenvalue weighted by atomic mass is 10.2. The van der Waals surface area contributed by atoms with Gasteiger partial charge in [0.25, 0.3) is 0 Å². The highest BCUT2D eigenvalue weighted by atomic mass is 16.5. The summed E-state index contributed by atoms with van der Waals surface area (Å²) in [5.41, 5.74) is 1.09. The molecule has 1 aromatic rings. The molecule has 0 aliphatic heterocycles. The zero-order valence-electron chi connectivity index (χ0n) is 10.1. The Balaban J connectivity index is 2.28. The molecular weight excluding hydrogens is 214 g/mol. The van der Waals surface area contributed by atoms with Crippen LogP contribution >= 0.6 is 0 Å². The molecule has 92 valence electrons. The molecule has 0 bridgehead atoms. The van der Waals surface area contributed by atoms with Crippen molar-refractivity contribution in [1.82, 2.24) is 5.32 Å². The summed E-state index contributed by atoms with van der Waals surface area (Å²) in [6.45, 7) is 9.63. The lowest BCUT2D eigenvalue weighted by Crippen LogP contribution is -2.26. The summed E-state index contributed by atoms with van der Waals surface area (Å²) in [5.74, 6) is 0.656. The minimum Gasteiger partial charge on any atom is -0.513 e. The van der Waals surface area contributed by atoms with E-state index in [0.717, 1.165) is 5.56 Å².